The number of fused-ring (bicyclic) bond motifs is 1. The number of amides is 1. The molecule has 1 fully saturated rings. The van der Waals surface area contributed by atoms with E-state index in [9.17, 15) is 14.4 Å². The van der Waals surface area contributed by atoms with E-state index in [0.29, 0.717) is 23.4 Å². The first-order chi connectivity index (χ1) is 14.5. The fourth-order valence-corrected chi connectivity index (χ4v) is 5.06. The van der Waals surface area contributed by atoms with E-state index in [1.807, 2.05) is 19.1 Å². The Morgan fingerprint density at radius 2 is 2.00 bits per heavy atom. The van der Waals surface area contributed by atoms with Gasteiger partial charge in [-0.05, 0) is 37.5 Å². The topological polar surface area (TPSA) is 89.2 Å². The summed E-state index contributed by atoms with van der Waals surface area (Å²) in [6.07, 6.45) is 2.80. The second-order valence-electron chi connectivity index (χ2n) is 7.23. The molecule has 1 saturated heterocycles. The highest BCUT2D eigenvalue weighted by molar-refractivity contribution is 9.10. The van der Waals surface area contributed by atoms with Gasteiger partial charge in [-0.15, -0.1) is 0 Å². The van der Waals surface area contributed by atoms with Crippen molar-refractivity contribution in [2.45, 2.75) is 39.3 Å². The Morgan fingerprint density at radius 1 is 1.23 bits per heavy atom. The molecular weight excluding hydrogens is 470 g/mol. The number of carbonyl (C=O) groups is 1. The predicted molar refractivity (Wildman–Crippen MR) is 123 cm³/mol. The van der Waals surface area contributed by atoms with Crippen LogP contribution in [0.4, 0.5) is 10.8 Å². The third-order valence-corrected chi connectivity index (χ3v) is 6.58. The molecule has 0 bridgehead atoms. The minimum absolute atomic E-state index is 0.213. The van der Waals surface area contributed by atoms with Crippen LogP contribution in [0.15, 0.2) is 38.3 Å². The van der Waals surface area contributed by atoms with Gasteiger partial charge in [0.2, 0.25) is 5.91 Å². The third kappa shape index (κ3) is 4.06. The maximum atomic E-state index is 13.1. The highest BCUT2D eigenvalue weighted by Crippen LogP contribution is 2.28. The molecule has 3 heterocycles. The molecule has 8 nitrogen and oxygen atoms in total. The number of nitrogens with zero attached hydrogens (tertiary/aromatic N) is 4. The Morgan fingerprint density at radius 3 is 2.70 bits per heavy atom. The van der Waals surface area contributed by atoms with Crippen LogP contribution >= 0.6 is 27.3 Å². The summed E-state index contributed by atoms with van der Waals surface area (Å²) in [6, 6.07) is 7.23. The van der Waals surface area contributed by atoms with E-state index >= 15 is 0 Å². The molecule has 0 spiro atoms. The van der Waals surface area contributed by atoms with Crippen LogP contribution in [0.5, 0.6) is 0 Å². The van der Waals surface area contributed by atoms with Crippen molar-refractivity contribution in [3.63, 3.8) is 0 Å². The lowest BCUT2D eigenvalue weighted by atomic mass is 10.3. The van der Waals surface area contributed by atoms with Gasteiger partial charge < -0.3 is 10.2 Å². The molecular formula is C20H22BrN5O3S. The SMILES string of the molecule is CCCn1c(=O)c2sc(N3CCCC3)nc2n(CC(=O)Nc2cccc(Br)c2)c1=O. The maximum absolute atomic E-state index is 13.1. The highest BCUT2D eigenvalue weighted by Gasteiger charge is 2.23. The van der Waals surface area contributed by atoms with Gasteiger partial charge in [-0.1, -0.05) is 40.3 Å². The molecule has 0 aliphatic carbocycles. The lowest BCUT2D eigenvalue weighted by molar-refractivity contribution is -0.116. The van der Waals surface area contributed by atoms with E-state index in [1.165, 1.54) is 20.5 Å². The van der Waals surface area contributed by atoms with Gasteiger partial charge in [0.1, 0.15) is 11.2 Å². The van der Waals surface area contributed by atoms with E-state index in [4.69, 9.17) is 0 Å². The molecule has 10 heteroatoms. The summed E-state index contributed by atoms with van der Waals surface area (Å²) in [5.41, 5.74) is 0.0747. The predicted octanol–water partition coefficient (Wildman–Crippen LogP) is 3.03. The molecule has 1 N–H and O–H groups in total. The summed E-state index contributed by atoms with van der Waals surface area (Å²) in [4.78, 5) is 45.4. The number of aromatic nitrogens is 3. The Balaban J connectivity index is 1.75. The first-order valence-electron chi connectivity index (χ1n) is 9.92. The number of anilines is 2. The normalized spacial score (nSPS) is 13.9. The Hall–Kier alpha value is -2.46. The summed E-state index contributed by atoms with van der Waals surface area (Å²) in [5, 5.41) is 3.53. The van der Waals surface area contributed by atoms with Gasteiger partial charge >= 0.3 is 5.69 Å². The largest absolute Gasteiger partial charge is 0.348 e. The van der Waals surface area contributed by atoms with Crippen molar-refractivity contribution < 1.29 is 4.79 Å². The molecule has 1 amide bonds. The molecule has 3 aromatic rings. The molecule has 0 atom stereocenters. The van der Waals surface area contributed by atoms with E-state index in [2.05, 4.69) is 31.1 Å². The summed E-state index contributed by atoms with van der Waals surface area (Å²) >= 11 is 4.68. The summed E-state index contributed by atoms with van der Waals surface area (Å²) < 4.78 is 3.78. The Bertz CT molecular complexity index is 1210. The molecule has 0 unspecified atom stereocenters. The minimum Gasteiger partial charge on any atom is -0.348 e. The van der Waals surface area contributed by atoms with Gasteiger partial charge in [-0.3, -0.25) is 18.7 Å². The fourth-order valence-electron chi connectivity index (χ4n) is 3.59. The van der Waals surface area contributed by atoms with Gasteiger partial charge in [0.15, 0.2) is 10.8 Å². The minimum atomic E-state index is -0.503. The van der Waals surface area contributed by atoms with E-state index in [-0.39, 0.29) is 23.7 Å². The molecule has 4 rings (SSSR count). The first-order valence-corrected chi connectivity index (χ1v) is 11.5. The summed E-state index contributed by atoms with van der Waals surface area (Å²) in [5.74, 6) is -0.353. The second-order valence-corrected chi connectivity index (χ2v) is 9.12. The van der Waals surface area contributed by atoms with E-state index < -0.39 is 5.69 Å². The number of hydrogen-bond acceptors (Lipinski definition) is 6. The fraction of sp³-hybridized carbons (Fsp3) is 0.400. The molecule has 0 saturated carbocycles. The molecule has 1 aromatic carbocycles. The number of rotatable bonds is 6. The van der Waals surface area contributed by atoms with Gasteiger partial charge in [-0.2, -0.15) is 0 Å². The van der Waals surface area contributed by atoms with Crippen LogP contribution in [-0.4, -0.2) is 33.1 Å². The van der Waals surface area contributed by atoms with Crippen molar-refractivity contribution in [3.8, 4) is 0 Å². The van der Waals surface area contributed by atoms with Crippen molar-refractivity contribution in [2.24, 2.45) is 0 Å². The standard InChI is InChI=1S/C20H22BrN5O3S/c1-2-8-25-18(28)16-17(23-19(30-16)24-9-3-4-10-24)26(20(25)29)12-15(27)22-14-7-5-6-13(21)11-14/h5-7,11H,2-4,8-10,12H2,1H3,(H,22,27). The van der Waals surface area contributed by atoms with Crippen molar-refractivity contribution in [3.05, 3.63) is 49.6 Å². The Labute approximate surface area is 185 Å². The number of thiazole rings is 1. The first kappa shape index (κ1) is 20.8. The van der Waals surface area contributed by atoms with Crippen molar-refractivity contribution in [1.82, 2.24) is 14.1 Å². The average molecular weight is 492 g/mol. The van der Waals surface area contributed by atoms with Crippen LogP contribution in [0.1, 0.15) is 26.2 Å². The van der Waals surface area contributed by atoms with Crippen LogP contribution < -0.4 is 21.5 Å². The third-order valence-electron chi connectivity index (χ3n) is 4.99. The number of carbonyl (C=O) groups excluding carboxylic acids is 1. The molecule has 0 radical (unpaired) electrons. The lowest BCUT2D eigenvalue weighted by Crippen LogP contribution is -2.41. The van der Waals surface area contributed by atoms with Crippen LogP contribution in [0.2, 0.25) is 0 Å². The zero-order valence-corrected chi connectivity index (χ0v) is 19.0. The molecule has 2 aromatic heterocycles. The van der Waals surface area contributed by atoms with Crippen LogP contribution in [-0.2, 0) is 17.9 Å². The van der Waals surface area contributed by atoms with Crippen molar-refractivity contribution >= 4 is 54.3 Å². The van der Waals surface area contributed by atoms with Crippen molar-refractivity contribution in [1.29, 1.82) is 0 Å². The number of benzene rings is 1. The van der Waals surface area contributed by atoms with Gasteiger partial charge in [0.25, 0.3) is 5.56 Å². The van der Waals surface area contributed by atoms with Gasteiger partial charge in [-0.25, -0.2) is 9.78 Å². The lowest BCUT2D eigenvalue weighted by Gasteiger charge is -2.12. The summed E-state index contributed by atoms with van der Waals surface area (Å²) in [6.45, 7) is 3.77. The quantitative estimate of drug-likeness (QED) is 0.572. The zero-order valence-electron chi connectivity index (χ0n) is 16.6. The average Bonchev–Trinajstić information content (AvgIpc) is 3.38. The van der Waals surface area contributed by atoms with Crippen LogP contribution in [0.3, 0.4) is 0 Å². The monoisotopic (exact) mass is 491 g/mol. The molecule has 30 heavy (non-hydrogen) atoms. The van der Waals surface area contributed by atoms with Crippen LogP contribution in [0.25, 0.3) is 10.3 Å². The van der Waals surface area contributed by atoms with Gasteiger partial charge in [0.05, 0.1) is 0 Å². The summed E-state index contributed by atoms with van der Waals surface area (Å²) in [7, 11) is 0. The maximum Gasteiger partial charge on any atom is 0.333 e. The van der Waals surface area contributed by atoms with Gasteiger partial charge in [0, 0.05) is 29.8 Å². The zero-order chi connectivity index (χ0) is 21.3. The molecule has 1 aliphatic heterocycles. The second kappa shape index (κ2) is 8.73. The van der Waals surface area contributed by atoms with Crippen molar-refractivity contribution in [2.75, 3.05) is 23.3 Å². The smallest absolute Gasteiger partial charge is 0.333 e. The number of hydrogen-bond donors (Lipinski definition) is 1. The van der Waals surface area contributed by atoms with E-state index in [0.717, 1.165) is 35.5 Å². The highest BCUT2D eigenvalue weighted by atomic mass is 79.9. The van der Waals surface area contributed by atoms with Crippen LogP contribution in [0, 0.1) is 0 Å². The number of halogens is 1. The molecule has 1 aliphatic rings. The van der Waals surface area contributed by atoms with E-state index in [1.54, 1.807) is 12.1 Å². The molecule has 158 valence electrons. The number of nitrogens with one attached hydrogen (secondary N) is 1. The Kier molecular flexibility index (Phi) is 6.05.